The van der Waals surface area contributed by atoms with Gasteiger partial charge in [0.05, 0.1) is 6.42 Å². The Kier molecular flexibility index (Phi) is 8.24. The van der Waals surface area contributed by atoms with Crippen molar-refractivity contribution in [3.05, 3.63) is 71.3 Å². The Morgan fingerprint density at radius 2 is 1.61 bits per heavy atom. The monoisotopic (exact) mass is 380 g/mol. The van der Waals surface area contributed by atoms with Gasteiger partial charge in [0.2, 0.25) is 11.8 Å². The van der Waals surface area contributed by atoms with Crippen LogP contribution in [-0.2, 0) is 22.4 Å². The lowest BCUT2D eigenvalue weighted by atomic mass is 10.1. The van der Waals surface area contributed by atoms with E-state index in [1.165, 1.54) is 5.56 Å². The minimum absolute atomic E-state index is 0.0217. The van der Waals surface area contributed by atoms with E-state index in [4.69, 9.17) is 0 Å². The second-order valence-electron chi connectivity index (χ2n) is 7.48. The van der Waals surface area contributed by atoms with E-state index in [1.54, 1.807) is 4.90 Å². The average Bonchev–Trinajstić information content (AvgIpc) is 2.70. The van der Waals surface area contributed by atoms with Crippen molar-refractivity contribution in [1.29, 1.82) is 0 Å². The minimum atomic E-state index is -0.504. The van der Waals surface area contributed by atoms with Gasteiger partial charge in [-0.15, -0.1) is 0 Å². The molecule has 0 aromatic heterocycles. The maximum Gasteiger partial charge on any atom is 0.242 e. The molecule has 0 aliphatic rings. The summed E-state index contributed by atoms with van der Waals surface area (Å²) in [6, 6.07) is 17.6. The van der Waals surface area contributed by atoms with Crippen LogP contribution in [0.15, 0.2) is 54.6 Å². The van der Waals surface area contributed by atoms with E-state index in [1.807, 2.05) is 82.3 Å². The summed E-state index contributed by atoms with van der Waals surface area (Å²) in [5.41, 5.74) is 3.29. The van der Waals surface area contributed by atoms with Crippen molar-refractivity contribution in [2.45, 2.75) is 59.0 Å². The third-order valence-electron chi connectivity index (χ3n) is 5.13. The molecule has 0 fully saturated rings. The van der Waals surface area contributed by atoms with E-state index in [2.05, 4.69) is 5.32 Å². The summed E-state index contributed by atoms with van der Waals surface area (Å²) in [5.74, 6) is -0.119. The normalized spacial score (nSPS) is 12.9. The standard InChI is InChI=1S/C24H32N2O2/c1-5-19(3)25-24(28)20(4)26(16-15-21-9-7-6-8-10-21)23(27)17-22-13-11-18(2)12-14-22/h6-14,19-20H,5,15-17H2,1-4H3,(H,25,28)/t19-,20-/m1/s1. The molecule has 0 radical (unpaired) electrons. The van der Waals surface area contributed by atoms with Gasteiger partial charge in [0.25, 0.3) is 0 Å². The number of nitrogens with one attached hydrogen (secondary N) is 1. The Bertz CT molecular complexity index is 756. The van der Waals surface area contributed by atoms with Crippen LogP contribution in [0.3, 0.4) is 0 Å². The number of hydrogen-bond donors (Lipinski definition) is 1. The number of hydrogen-bond acceptors (Lipinski definition) is 2. The second-order valence-corrected chi connectivity index (χ2v) is 7.48. The van der Waals surface area contributed by atoms with Gasteiger partial charge in [-0.1, -0.05) is 67.1 Å². The van der Waals surface area contributed by atoms with Crippen molar-refractivity contribution in [1.82, 2.24) is 10.2 Å². The molecule has 0 heterocycles. The van der Waals surface area contributed by atoms with E-state index in [9.17, 15) is 9.59 Å². The third-order valence-corrected chi connectivity index (χ3v) is 5.13. The third kappa shape index (κ3) is 6.52. The van der Waals surface area contributed by atoms with E-state index < -0.39 is 6.04 Å². The summed E-state index contributed by atoms with van der Waals surface area (Å²) >= 11 is 0. The molecular weight excluding hydrogens is 348 g/mol. The molecule has 28 heavy (non-hydrogen) atoms. The highest BCUT2D eigenvalue weighted by Crippen LogP contribution is 2.11. The maximum atomic E-state index is 13.1. The van der Waals surface area contributed by atoms with Crippen LogP contribution in [0.25, 0.3) is 0 Å². The van der Waals surface area contributed by atoms with Crippen LogP contribution in [0.5, 0.6) is 0 Å². The molecular formula is C24H32N2O2. The minimum Gasteiger partial charge on any atom is -0.352 e. The van der Waals surface area contributed by atoms with Crippen molar-refractivity contribution in [3.8, 4) is 0 Å². The SMILES string of the molecule is CC[C@@H](C)NC(=O)[C@@H](C)N(CCc1ccccc1)C(=O)Cc1ccc(C)cc1. The number of nitrogens with zero attached hydrogens (tertiary/aromatic N) is 1. The zero-order valence-corrected chi connectivity index (χ0v) is 17.4. The van der Waals surface area contributed by atoms with E-state index in [0.717, 1.165) is 24.0 Å². The van der Waals surface area contributed by atoms with Gasteiger partial charge >= 0.3 is 0 Å². The molecule has 2 aromatic carbocycles. The maximum absolute atomic E-state index is 13.1. The summed E-state index contributed by atoms with van der Waals surface area (Å²) in [7, 11) is 0. The van der Waals surface area contributed by atoms with Gasteiger partial charge in [-0.05, 0) is 44.7 Å². The van der Waals surface area contributed by atoms with Gasteiger partial charge in [-0.25, -0.2) is 0 Å². The Hall–Kier alpha value is -2.62. The molecule has 0 aliphatic carbocycles. The van der Waals surface area contributed by atoms with E-state index in [-0.39, 0.29) is 17.9 Å². The number of carbonyl (C=O) groups excluding carboxylic acids is 2. The van der Waals surface area contributed by atoms with E-state index in [0.29, 0.717) is 13.0 Å². The van der Waals surface area contributed by atoms with Crippen LogP contribution < -0.4 is 5.32 Å². The lowest BCUT2D eigenvalue weighted by Crippen LogP contribution is -2.50. The number of amides is 2. The molecule has 0 saturated heterocycles. The molecule has 1 N–H and O–H groups in total. The number of rotatable bonds is 9. The Morgan fingerprint density at radius 3 is 2.21 bits per heavy atom. The highest BCUT2D eigenvalue weighted by Gasteiger charge is 2.26. The average molecular weight is 381 g/mol. The van der Waals surface area contributed by atoms with Gasteiger partial charge in [0, 0.05) is 12.6 Å². The molecule has 0 unspecified atom stereocenters. The number of aryl methyl sites for hydroxylation is 1. The largest absolute Gasteiger partial charge is 0.352 e. The van der Waals surface area contributed by atoms with Crippen molar-refractivity contribution in [2.75, 3.05) is 6.54 Å². The van der Waals surface area contributed by atoms with E-state index >= 15 is 0 Å². The fourth-order valence-corrected chi connectivity index (χ4v) is 3.02. The Balaban J connectivity index is 2.12. The summed E-state index contributed by atoms with van der Waals surface area (Å²) < 4.78 is 0. The van der Waals surface area contributed by atoms with Crippen molar-refractivity contribution in [2.24, 2.45) is 0 Å². The lowest BCUT2D eigenvalue weighted by molar-refractivity contribution is -0.139. The molecule has 2 atom stereocenters. The van der Waals surface area contributed by atoms with Gasteiger partial charge in [-0.3, -0.25) is 9.59 Å². The topological polar surface area (TPSA) is 49.4 Å². The highest BCUT2D eigenvalue weighted by molar-refractivity contribution is 5.88. The molecule has 150 valence electrons. The molecule has 0 bridgehead atoms. The molecule has 4 nitrogen and oxygen atoms in total. The zero-order valence-electron chi connectivity index (χ0n) is 17.4. The summed E-state index contributed by atoms with van der Waals surface area (Å²) in [5, 5.41) is 3.00. The van der Waals surface area contributed by atoms with Gasteiger partial charge < -0.3 is 10.2 Å². The first kappa shape index (κ1) is 21.7. The van der Waals surface area contributed by atoms with Crippen LogP contribution in [-0.4, -0.2) is 35.3 Å². The Labute approximate surface area is 169 Å². The van der Waals surface area contributed by atoms with Crippen LogP contribution in [0.2, 0.25) is 0 Å². The second kappa shape index (κ2) is 10.6. The summed E-state index contributed by atoms with van der Waals surface area (Å²) in [4.78, 5) is 27.4. The first-order valence-corrected chi connectivity index (χ1v) is 10.1. The van der Waals surface area contributed by atoms with Gasteiger partial charge in [-0.2, -0.15) is 0 Å². The van der Waals surface area contributed by atoms with Crippen molar-refractivity contribution in [3.63, 3.8) is 0 Å². The quantitative estimate of drug-likeness (QED) is 0.717. The molecule has 2 amide bonds. The van der Waals surface area contributed by atoms with Gasteiger partial charge in [0.15, 0.2) is 0 Å². The predicted octanol–water partition coefficient (Wildman–Crippen LogP) is 3.91. The lowest BCUT2D eigenvalue weighted by Gasteiger charge is -2.29. The number of carbonyl (C=O) groups is 2. The fraction of sp³-hybridized carbons (Fsp3) is 0.417. The number of benzene rings is 2. The van der Waals surface area contributed by atoms with Crippen molar-refractivity contribution < 1.29 is 9.59 Å². The fourth-order valence-electron chi connectivity index (χ4n) is 3.02. The summed E-state index contributed by atoms with van der Waals surface area (Å²) in [6.45, 7) is 8.37. The molecule has 0 spiro atoms. The van der Waals surface area contributed by atoms with Gasteiger partial charge in [0.1, 0.15) is 6.04 Å². The Morgan fingerprint density at radius 1 is 0.964 bits per heavy atom. The molecule has 4 heteroatoms. The first-order chi connectivity index (χ1) is 13.4. The van der Waals surface area contributed by atoms with Crippen LogP contribution in [0.4, 0.5) is 0 Å². The highest BCUT2D eigenvalue weighted by atomic mass is 16.2. The van der Waals surface area contributed by atoms with Crippen LogP contribution in [0.1, 0.15) is 43.9 Å². The van der Waals surface area contributed by atoms with Crippen LogP contribution >= 0.6 is 0 Å². The molecule has 2 rings (SSSR count). The smallest absolute Gasteiger partial charge is 0.242 e. The predicted molar refractivity (Wildman–Crippen MR) is 114 cm³/mol. The molecule has 0 saturated carbocycles. The summed E-state index contributed by atoms with van der Waals surface area (Å²) in [6.07, 6.45) is 1.89. The van der Waals surface area contributed by atoms with Crippen molar-refractivity contribution >= 4 is 11.8 Å². The first-order valence-electron chi connectivity index (χ1n) is 10.1. The molecule has 2 aromatic rings. The molecule has 0 aliphatic heterocycles. The zero-order chi connectivity index (χ0) is 20.5. The van der Waals surface area contributed by atoms with Crippen LogP contribution in [0, 0.1) is 6.92 Å².